The van der Waals surface area contributed by atoms with E-state index in [1.807, 2.05) is 29.2 Å². The number of carbonyl (C=O) groups excluding carboxylic acids is 2. The van der Waals surface area contributed by atoms with Crippen molar-refractivity contribution in [3.05, 3.63) is 47.5 Å². The summed E-state index contributed by atoms with van der Waals surface area (Å²) in [4.78, 5) is 27.5. The molecule has 0 saturated heterocycles. The van der Waals surface area contributed by atoms with Gasteiger partial charge in [-0.3, -0.25) is 9.59 Å². The topological polar surface area (TPSA) is 74.3 Å². The first kappa shape index (κ1) is 20.5. The molecule has 29 heavy (non-hydrogen) atoms. The first-order valence-corrected chi connectivity index (χ1v) is 9.37. The molecule has 1 atom stereocenters. The molecule has 7 heteroatoms. The number of fused-ring (bicyclic) bond motifs is 1. The lowest BCUT2D eigenvalue weighted by molar-refractivity contribution is -0.141. The summed E-state index contributed by atoms with van der Waals surface area (Å²) in [5, 5.41) is 0. The van der Waals surface area contributed by atoms with Gasteiger partial charge in [-0.2, -0.15) is 0 Å². The molecule has 0 amide bonds. The molecule has 1 heterocycles. The molecule has 0 saturated carbocycles. The van der Waals surface area contributed by atoms with Crippen LogP contribution in [-0.2, 0) is 9.53 Å². The Kier molecular flexibility index (Phi) is 6.26. The van der Waals surface area contributed by atoms with E-state index in [2.05, 4.69) is 0 Å². The van der Waals surface area contributed by atoms with E-state index in [4.69, 9.17) is 18.9 Å². The Bertz CT molecular complexity index is 893. The van der Waals surface area contributed by atoms with Gasteiger partial charge in [-0.15, -0.1) is 0 Å². The fourth-order valence-corrected chi connectivity index (χ4v) is 3.53. The van der Waals surface area contributed by atoms with Crippen molar-refractivity contribution in [1.29, 1.82) is 0 Å². The number of Topliss-reactive ketones (excluding diaryl/α,β-unsaturated/α-hetero) is 1. The van der Waals surface area contributed by atoms with E-state index in [9.17, 15) is 9.59 Å². The van der Waals surface area contributed by atoms with Crippen molar-refractivity contribution in [3.8, 4) is 17.2 Å². The van der Waals surface area contributed by atoms with Gasteiger partial charge in [-0.25, -0.2) is 0 Å². The number of rotatable bonds is 7. The van der Waals surface area contributed by atoms with Crippen molar-refractivity contribution in [2.24, 2.45) is 0 Å². The molecule has 0 aliphatic carbocycles. The van der Waals surface area contributed by atoms with Gasteiger partial charge in [0.25, 0.3) is 0 Å². The number of methoxy groups -OCH3 is 3. The van der Waals surface area contributed by atoms with Crippen molar-refractivity contribution in [3.63, 3.8) is 0 Å². The molecule has 0 fully saturated rings. The highest BCUT2D eigenvalue weighted by atomic mass is 16.5. The van der Waals surface area contributed by atoms with Gasteiger partial charge in [-0.1, -0.05) is 12.1 Å². The normalized spacial score (nSPS) is 15.5. The van der Waals surface area contributed by atoms with Gasteiger partial charge in [-0.05, 0) is 24.6 Å². The largest absolute Gasteiger partial charge is 0.497 e. The summed E-state index contributed by atoms with van der Waals surface area (Å²) in [6.45, 7) is 2.42. The highest BCUT2D eigenvalue weighted by Gasteiger charge is 2.37. The van der Waals surface area contributed by atoms with Gasteiger partial charge in [0.2, 0.25) is 0 Å². The van der Waals surface area contributed by atoms with E-state index in [1.54, 1.807) is 33.3 Å². The quantitative estimate of drug-likeness (QED) is 0.663. The fourth-order valence-electron chi connectivity index (χ4n) is 3.53. The Morgan fingerprint density at radius 1 is 1.03 bits per heavy atom. The number of anilines is 1. The smallest absolute Gasteiger partial charge is 0.325 e. The molecule has 1 unspecified atom stereocenters. The summed E-state index contributed by atoms with van der Waals surface area (Å²) < 4.78 is 21.2. The maximum absolute atomic E-state index is 13.4. The van der Waals surface area contributed by atoms with Crippen LogP contribution < -0.4 is 19.1 Å². The van der Waals surface area contributed by atoms with Crippen LogP contribution in [0.25, 0.3) is 0 Å². The molecule has 0 radical (unpaired) electrons. The number of ether oxygens (including phenoxy) is 4. The molecule has 0 bridgehead atoms. The zero-order chi connectivity index (χ0) is 21.0. The number of carbonyl (C=O) groups is 2. The summed E-state index contributed by atoms with van der Waals surface area (Å²) in [5.74, 6) is 0.794. The monoisotopic (exact) mass is 399 g/mol. The van der Waals surface area contributed by atoms with E-state index in [1.165, 1.54) is 7.11 Å². The lowest BCUT2D eigenvalue weighted by Crippen LogP contribution is -2.41. The van der Waals surface area contributed by atoms with E-state index < -0.39 is 5.92 Å². The Balaban J connectivity index is 2.07. The van der Waals surface area contributed by atoms with Gasteiger partial charge in [0.15, 0.2) is 5.78 Å². The molecule has 3 rings (SSSR count). The van der Waals surface area contributed by atoms with Crippen molar-refractivity contribution in [1.82, 2.24) is 0 Å². The second-order valence-corrected chi connectivity index (χ2v) is 6.60. The number of ketones is 1. The second kappa shape index (κ2) is 8.86. The third-order valence-electron chi connectivity index (χ3n) is 4.96. The van der Waals surface area contributed by atoms with Crippen LogP contribution in [0, 0.1) is 0 Å². The van der Waals surface area contributed by atoms with Crippen molar-refractivity contribution in [2.45, 2.75) is 12.8 Å². The van der Waals surface area contributed by atoms with E-state index >= 15 is 0 Å². The average molecular weight is 399 g/mol. The summed E-state index contributed by atoms with van der Waals surface area (Å²) >= 11 is 0. The number of benzene rings is 2. The van der Waals surface area contributed by atoms with Crippen LogP contribution in [0.4, 0.5) is 5.69 Å². The first-order valence-electron chi connectivity index (χ1n) is 9.37. The predicted molar refractivity (Wildman–Crippen MR) is 108 cm³/mol. The van der Waals surface area contributed by atoms with Crippen molar-refractivity contribution in [2.75, 3.05) is 45.9 Å². The summed E-state index contributed by atoms with van der Waals surface area (Å²) in [6, 6.07) is 10.8. The summed E-state index contributed by atoms with van der Waals surface area (Å²) in [7, 11) is 4.65. The van der Waals surface area contributed by atoms with Gasteiger partial charge < -0.3 is 23.8 Å². The Hall–Kier alpha value is -3.22. The van der Waals surface area contributed by atoms with Crippen LogP contribution >= 0.6 is 0 Å². The zero-order valence-corrected chi connectivity index (χ0v) is 17.1. The molecule has 1 aliphatic rings. The Morgan fingerprint density at radius 3 is 2.31 bits per heavy atom. The Morgan fingerprint density at radius 2 is 1.72 bits per heavy atom. The molecule has 1 aliphatic heterocycles. The predicted octanol–water partition coefficient (Wildman–Crippen LogP) is 3.06. The van der Waals surface area contributed by atoms with E-state index in [0.717, 1.165) is 5.56 Å². The van der Waals surface area contributed by atoms with Crippen LogP contribution in [0.5, 0.6) is 17.2 Å². The maximum Gasteiger partial charge on any atom is 0.325 e. The molecule has 0 aromatic heterocycles. The molecule has 154 valence electrons. The van der Waals surface area contributed by atoms with Crippen molar-refractivity contribution >= 4 is 17.4 Å². The molecular weight excluding hydrogens is 374 g/mol. The molecule has 2 aromatic carbocycles. The third-order valence-corrected chi connectivity index (χ3v) is 4.96. The van der Waals surface area contributed by atoms with E-state index in [0.29, 0.717) is 41.7 Å². The molecular formula is C22H25NO6. The molecule has 0 N–H and O–H groups in total. The zero-order valence-electron chi connectivity index (χ0n) is 17.1. The summed E-state index contributed by atoms with van der Waals surface area (Å²) in [5.41, 5.74) is 1.88. The number of nitrogens with zero attached hydrogens (tertiary/aromatic N) is 1. The lowest BCUT2D eigenvalue weighted by atomic mass is 9.85. The SMILES string of the molecule is CCOC(=O)CN1CC(c2ccc(OC)cc2)C(=O)c2c(OC)cc(OC)cc21. The van der Waals surface area contributed by atoms with Gasteiger partial charge in [0.05, 0.1) is 45.1 Å². The average Bonchev–Trinajstić information content (AvgIpc) is 2.75. The van der Waals surface area contributed by atoms with E-state index in [-0.39, 0.29) is 18.3 Å². The molecule has 7 nitrogen and oxygen atoms in total. The third kappa shape index (κ3) is 4.13. The minimum absolute atomic E-state index is 0.0249. The number of hydrogen-bond acceptors (Lipinski definition) is 7. The first-order chi connectivity index (χ1) is 14.0. The number of hydrogen-bond donors (Lipinski definition) is 0. The number of esters is 1. The van der Waals surface area contributed by atoms with Crippen LogP contribution in [-0.4, -0.2) is 52.8 Å². The Labute approximate surface area is 170 Å². The summed E-state index contributed by atoms with van der Waals surface area (Å²) in [6.07, 6.45) is 0. The van der Waals surface area contributed by atoms with Gasteiger partial charge in [0, 0.05) is 18.7 Å². The molecule has 2 aromatic rings. The van der Waals surface area contributed by atoms with Gasteiger partial charge >= 0.3 is 5.97 Å². The minimum atomic E-state index is -0.454. The van der Waals surface area contributed by atoms with Crippen LogP contribution in [0.15, 0.2) is 36.4 Å². The molecule has 0 spiro atoms. The van der Waals surface area contributed by atoms with Crippen LogP contribution in [0.1, 0.15) is 28.8 Å². The highest BCUT2D eigenvalue weighted by Crippen LogP contribution is 2.42. The standard InChI is InChI=1S/C22H25NO6/c1-5-29-20(24)13-23-12-17(14-6-8-15(26-2)9-7-14)22(25)21-18(23)10-16(27-3)11-19(21)28-4/h6-11,17H,5,12-13H2,1-4H3. The highest BCUT2D eigenvalue weighted by molar-refractivity contribution is 6.10. The lowest BCUT2D eigenvalue weighted by Gasteiger charge is -2.35. The van der Waals surface area contributed by atoms with Crippen molar-refractivity contribution < 1.29 is 28.5 Å². The van der Waals surface area contributed by atoms with Crippen LogP contribution in [0.2, 0.25) is 0 Å². The minimum Gasteiger partial charge on any atom is -0.497 e. The van der Waals surface area contributed by atoms with Crippen LogP contribution in [0.3, 0.4) is 0 Å². The maximum atomic E-state index is 13.4. The second-order valence-electron chi connectivity index (χ2n) is 6.60. The van der Waals surface area contributed by atoms with Gasteiger partial charge in [0.1, 0.15) is 23.8 Å². The fraction of sp³-hybridized carbons (Fsp3) is 0.364.